The van der Waals surface area contributed by atoms with Crippen LogP contribution in [0.25, 0.3) is 0 Å². The van der Waals surface area contributed by atoms with E-state index in [1.54, 1.807) is 7.11 Å². The van der Waals surface area contributed by atoms with E-state index >= 15 is 0 Å². The maximum absolute atomic E-state index is 10.9. The fourth-order valence-electron chi connectivity index (χ4n) is 2.47. The van der Waals surface area contributed by atoms with Crippen LogP contribution in [0.4, 0.5) is 5.69 Å². The molecular formula is C13H16ClNO3. The average Bonchev–Trinajstić information content (AvgIpc) is 2.32. The topological polar surface area (TPSA) is 49.8 Å². The average molecular weight is 270 g/mol. The van der Waals surface area contributed by atoms with Crippen LogP contribution in [0.2, 0.25) is 5.02 Å². The molecule has 1 heterocycles. The summed E-state index contributed by atoms with van der Waals surface area (Å²) in [4.78, 5) is 13.0. The summed E-state index contributed by atoms with van der Waals surface area (Å²) < 4.78 is 5.20. The first kappa shape index (κ1) is 13.0. The van der Waals surface area contributed by atoms with Crippen molar-refractivity contribution in [3.8, 4) is 5.75 Å². The lowest BCUT2D eigenvalue weighted by Crippen LogP contribution is -2.28. The van der Waals surface area contributed by atoms with Crippen molar-refractivity contribution in [2.24, 2.45) is 0 Å². The minimum Gasteiger partial charge on any atom is -0.495 e. The maximum Gasteiger partial charge on any atom is 0.303 e. The molecule has 0 saturated heterocycles. The molecule has 0 aliphatic carbocycles. The van der Waals surface area contributed by atoms with Crippen LogP contribution in [0.5, 0.6) is 5.75 Å². The number of carbonyl (C=O) groups is 1. The first-order valence-corrected chi connectivity index (χ1v) is 6.21. The lowest BCUT2D eigenvalue weighted by atomic mass is 9.87. The number of carboxylic acid groups (broad SMARTS) is 1. The van der Waals surface area contributed by atoms with Gasteiger partial charge in [-0.1, -0.05) is 11.6 Å². The van der Waals surface area contributed by atoms with E-state index in [4.69, 9.17) is 21.4 Å². The Bertz CT molecular complexity index is 476. The largest absolute Gasteiger partial charge is 0.495 e. The Morgan fingerprint density at radius 2 is 2.33 bits per heavy atom. The molecule has 5 heteroatoms. The van der Waals surface area contributed by atoms with Crippen molar-refractivity contribution in [2.45, 2.75) is 18.8 Å². The predicted octanol–water partition coefficient (Wildman–Crippen LogP) is 2.75. The number of hydrogen-bond donors (Lipinski definition) is 1. The number of anilines is 1. The fraction of sp³-hybridized carbons (Fsp3) is 0.462. The van der Waals surface area contributed by atoms with Gasteiger partial charge in [-0.3, -0.25) is 4.79 Å². The molecule has 2 rings (SSSR count). The Hall–Kier alpha value is -1.42. The highest BCUT2D eigenvalue weighted by Crippen LogP contribution is 2.44. The Labute approximate surface area is 111 Å². The molecule has 0 fully saturated rings. The van der Waals surface area contributed by atoms with Crippen molar-refractivity contribution in [2.75, 3.05) is 25.6 Å². The van der Waals surface area contributed by atoms with Crippen molar-refractivity contribution in [1.29, 1.82) is 0 Å². The highest BCUT2D eigenvalue weighted by Gasteiger charge is 2.28. The van der Waals surface area contributed by atoms with Crippen molar-refractivity contribution >= 4 is 23.3 Å². The SMILES string of the molecule is COc1ccc2c(c1Cl)C(CC(=O)O)CCN2C. The monoisotopic (exact) mass is 269 g/mol. The molecule has 98 valence electrons. The van der Waals surface area contributed by atoms with Gasteiger partial charge in [-0.05, 0) is 24.5 Å². The lowest BCUT2D eigenvalue weighted by Gasteiger charge is -2.33. The number of carboxylic acids is 1. The van der Waals surface area contributed by atoms with Gasteiger partial charge < -0.3 is 14.7 Å². The van der Waals surface area contributed by atoms with Crippen molar-refractivity contribution in [3.05, 3.63) is 22.7 Å². The Kier molecular flexibility index (Phi) is 3.66. The van der Waals surface area contributed by atoms with Gasteiger partial charge in [0.2, 0.25) is 0 Å². The van der Waals surface area contributed by atoms with Crippen LogP contribution in [-0.2, 0) is 4.79 Å². The molecule has 1 aliphatic rings. The van der Waals surface area contributed by atoms with Crippen molar-refractivity contribution < 1.29 is 14.6 Å². The summed E-state index contributed by atoms with van der Waals surface area (Å²) in [5.41, 5.74) is 1.89. The van der Waals surface area contributed by atoms with Crippen LogP contribution in [0.15, 0.2) is 12.1 Å². The van der Waals surface area contributed by atoms with Gasteiger partial charge in [0.25, 0.3) is 0 Å². The Balaban J connectivity index is 2.49. The van der Waals surface area contributed by atoms with Gasteiger partial charge in [0.15, 0.2) is 0 Å². The van der Waals surface area contributed by atoms with Gasteiger partial charge in [-0.15, -0.1) is 0 Å². The molecule has 1 aliphatic heterocycles. The van der Waals surface area contributed by atoms with Gasteiger partial charge in [-0.25, -0.2) is 0 Å². The zero-order valence-electron chi connectivity index (χ0n) is 10.4. The molecule has 1 unspecified atom stereocenters. The van der Waals surface area contributed by atoms with E-state index in [1.807, 2.05) is 19.2 Å². The lowest BCUT2D eigenvalue weighted by molar-refractivity contribution is -0.137. The highest BCUT2D eigenvalue weighted by atomic mass is 35.5. The number of rotatable bonds is 3. The third-order valence-corrected chi connectivity index (χ3v) is 3.78. The third-order valence-electron chi connectivity index (χ3n) is 3.39. The molecule has 0 amide bonds. The fourth-order valence-corrected chi connectivity index (χ4v) is 2.86. The second-order valence-electron chi connectivity index (χ2n) is 4.52. The van der Waals surface area contributed by atoms with E-state index < -0.39 is 5.97 Å². The van der Waals surface area contributed by atoms with Crippen LogP contribution >= 0.6 is 11.6 Å². The molecule has 0 aromatic heterocycles. The van der Waals surface area contributed by atoms with E-state index in [0.29, 0.717) is 10.8 Å². The first-order chi connectivity index (χ1) is 8.54. The number of benzene rings is 1. The summed E-state index contributed by atoms with van der Waals surface area (Å²) in [6.45, 7) is 0.841. The summed E-state index contributed by atoms with van der Waals surface area (Å²) in [5.74, 6) is -0.244. The van der Waals surface area contributed by atoms with Crippen molar-refractivity contribution in [3.63, 3.8) is 0 Å². The molecule has 18 heavy (non-hydrogen) atoms. The third kappa shape index (κ3) is 2.25. The van der Waals surface area contributed by atoms with E-state index in [2.05, 4.69) is 4.90 Å². The first-order valence-electron chi connectivity index (χ1n) is 5.84. The second kappa shape index (κ2) is 5.06. The minimum atomic E-state index is -0.797. The summed E-state index contributed by atoms with van der Waals surface area (Å²) in [5, 5.41) is 9.52. The number of nitrogens with zero attached hydrogens (tertiary/aromatic N) is 1. The van der Waals surface area contributed by atoms with Gasteiger partial charge in [0, 0.05) is 24.8 Å². The highest BCUT2D eigenvalue weighted by molar-refractivity contribution is 6.33. The van der Waals surface area contributed by atoms with Crippen LogP contribution in [0.1, 0.15) is 24.3 Å². The van der Waals surface area contributed by atoms with E-state index in [-0.39, 0.29) is 12.3 Å². The summed E-state index contributed by atoms with van der Waals surface area (Å²) >= 11 is 6.33. The molecule has 1 aromatic rings. The smallest absolute Gasteiger partial charge is 0.303 e. The molecule has 1 aromatic carbocycles. The number of ether oxygens (including phenoxy) is 1. The van der Waals surface area contributed by atoms with E-state index in [1.165, 1.54) is 0 Å². The molecule has 1 N–H and O–H groups in total. The van der Waals surface area contributed by atoms with Crippen LogP contribution in [-0.4, -0.2) is 31.8 Å². The van der Waals surface area contributed by atoms with Crippen LogP contribution < -0.4 is 9.64 Å². The van der Waals surface area contributed by atoms with Crippen molar-refractivity contribution in [1.82, 2.24) is 0 Å². The minimum absolute atomic E-state index is 0.0451. The standard InChI is InChI=1S/C13H16ClNO3/c1-15-6-5-8(7-11(16)17)12-9(15)3-4-10(18-2)13(12)14/h3-4,8H,5-7H2,1-2H3,(H,16,17). The summed E-state index contributed by atoms with van der Waals surface area (Å²) in [6, 6.07) is 3.76. The number of aliphatic carboxylic acids is 1. The molecular weight excluding hydrogens is 254 g/mol. The molecule has 0 radical (unpaired) electrons. The van der Waals surface area contributed by atoms with Gasteiger partial charge >= 0.3 is 5.97 Å². The zero-order chi connectivity index (χ0) is 13.3. The molecule has 1 atom stereocenters. The number of methoxy groups -OCH3 is 1. The van der Waals surface area contributed by atoms with Crippen LogP contribution in [0, 0.1) is 0 Å². The zero-order valence-corrected chi connectivity index (χ0v) is 11.2. The number of hydrogen-bond acceptors (Lipinski definition) is 3. The summed E-state index contributed by atoms with van der Waals surface area (Å²) in [6.07, 6.45) is 0.899. The van der Waals surface area contributed by atoms with E-state index in [0.717, 1.165) is 24.2 Å². The quantitative estimate of drug-likeness (QED) is 0.917. The normalized spacial score (nSPS) is 18.4. The molecule has 0 bridgehead atoms. The Morgan fingerprint density at radius 3 is 2.94 bits per heavy atom. The van der Waals surface area contributed by atoms with Gasteiger partial charge in [0.1, 0.15) is 5.75 Å². The van der Waals surface area contributed by atoms with Gasteiger partial charge in [0.05, 0.1) is 18.6 Å². The van der Waals surface area contributed by atoms with Crippen LogP contribution in [0.3, 0.4) is 0 Å². The molecule has 0 saturated carbocycles. The van der Waals surface area contributed by atoms with E-state index in [9.17, 15) is 4.79 Å². The maximum atomic E-state index is 10.9. The predicted molar refractivity (Wildman–Crippen MR) is 70.9 cm³/mol. The molecule has 0 spiro atoms. The molecule has 4 nitrogen and oxygen atoms in total. The van der Waals surface area contributed by atoms with Gasteiger partial charge in [-0.2, -0.15) is 0 Å². The number of fused-ring (bicyclic) bond motifs is 1. The number of halogens is 1. The summed E-state index contributed by atoms with van der Waals surface area (Å²) in [7, 11) is 3.55. The second-order valence-corrected chi connectivity index (χ2v) is 4.90. The Morgan fingerprint density at radius 1 is 1.61 bits per heavy atom.